The lowest BCUT2D eigenvalue weighted by Gasteiger charge is -2.25. The molecule has 2 amide bonds. The minimum atomic E-state index is -0.480. The molecular formula is C20H18F2N8O. The van der Waals surface area contributed by atoms with Gasteiger partial charge in [-0.2, -0.15) is 10.2 Å². The van der Waals surface area contributed by atoms with Crippen molar-refractivity contribution in [3.63, 3.8) is 0 Å². The Bertz CT molecular complexity index is 1240. The number of fused-ring (bicyclic) bond motifs is 1. The van der Waals surface area contributed by atoms with Gasteiger partial charge in [-0.1, -0.05) is 0 Å². The van der Waals surface area contributed by atoms with E-state index in [1.54, 1.807) is 12.1 Å². The molecule has 4 heterocycles. The molecule has 0 saturated carbocycles. The highest BCUT2D eigenvalue weighted by atomic mass is 19.1. The number of carbonyl (C=O) groups excluding carboxylic acids is 1. The number of nitrogens with zero attached hydrogens (tertiary/aromatic N) is 4. The van der Waals surface area contributed by atoms with Gasteiger partial charge < -0.3 is 10.2 Å². The van der Waals surface area contributed by atoms with Gasteiger partial charge in [0.1, 0.15) is 17.5 Å². The number of aromatic amines is 2. The predicted molar refractivity (Wildman–Crippen MR) is 111 cm³/mol. The number of aromatic nitrogens is 5. The van der Waals surface area contributed by atoms with E-state index in [9.17, 15) is 13.6 Å². The van der Waals surface area contributed by atoms with Crippen molar-refractivity contribution in [1.29, 1.82) is 0 Å². The molecule has 1 saturated heterocycles. The number of hydrogen-bond acceptors (Lipinski definition) is 5. The zero-order chi connectivity index (χ0) is 21.4. The van der Waals surface area contributed by atoms with Crippen molar-refractivity contribution in [3.8, 4) is 0 Å². The number of carbonyl (C=O) groups is 1. The first-order chi connectivity index (χ1) is 15.1. The summed E-state index contributed by atoms with van der Waals surface area (Å²) in [6, 6.07) is 6.04. The molecule has 1 fully saturated rings. The molecule has 0 bridgehead atoms. The average molecular weight is 424 g/mol. The molecular weight excluding hydrogens is 406 g/mol. The lowest BCUT2D eigenvalue weighted by molar-refractivity contribution is 0.262. The van der Waals surface area contributed by atoms with Gasteiger partial charge >= 0.3 is 6.03 Å². The van der Waals surface area contributed by atoms with E-state index in [-0.39, 0.29) is 6.04 Å². The molecule has 1 aliphatic heterocycles. The van der Waals surface area contributed by atoms with E-state index in [2.05, 4.69) is 36.0 Å². The quantitative estimate of drug-likeness (QED) is 0.396. The normalized spacial score (nSPS) is 16.1. The molecule has 1 aliphatic rings. The van der Waals surface area contributed by atoms with Gasteiger partial charge in [0.15, 0.2) is 11.5 Å². The van der Waals surface area contributed by atoms with Gasteiger partial charge in [-0.15, -0.1) is 0 Å². The second kappa shape index (κ2) is 7.67. The summed E-state index contributed by atoms with van der Waals surface area (Å²) in [5, 5.41) is 19.6. The molecule has 11 heteroatoms. The largest absolute Gasteiger partial charge is 0.347 e. The molecule has 158 valence electrons. The van der Waals surface area contributed by atoms with Gasteiger partial charge in [-0.05, 0) is 37.1 Å². The van der Waals surface area contributed by atoms with E-state index in [1.165, 1.54) is 18.5 Å². The van der Waals surface area contributed by atoms with E-state index in [0.29, 0.717) is 46.9 Å². The summed E-state index contributed by atoms with van der Waals surface area (Å²) in [4.78, 5) is 18.4. The van der Waals surface area contributed by atoms with Gasteiger partial charge in [0.05, 0.1) is 29.5 Å². The Hall–Kier alpha value is -4.02. The molecule has 4 aromatic rings. The number of hydrogen-bond donors (Lipinski definition) is 4. The summed E-state index contributed by atoms with van der Waals surface area (Å²) in [6.07, 6.45) is 4.51. The number of anilines is 3. The van der Waals surface area contributed by atoms with Crippen LogP contribution in [0.25, 0.3) is 11.0 Å². The van der Waals surface area contributed by atoms with Crippen molar-refractivity contribution in [1.82, 2.24) is 25.4 Å². The minimum Gasteiger partial charge on any atom is -0.347 e. The fourth-order valence-electron chi connectivity index (χ4n) is 3.90. The Labute approximate surface area is 174 Å². The van der Waals surface area contributed by atoms with Crippen molar-refractivity contribution >= 4 is 34.4 Å². The highest BCUT2D eigenvalue weighted by Gasteiger charge is 2.31. The Morgan fingerprint density at radius 3 is 2.90 bits per heavy atom. The molecule has 9 nitrogen and oxygen atoms in total. The van der Waals surface area contributed by atoms with Crippen molar-refractivity contribution < 1.29 is 13.6 Å². The van der Waals surface area contributed by atoms with Crippen LogP contribution in [-0.4, -0.2) is 38.0 Å². The van der Waals surface area contributed by atoms with Crippen LogP contribution in [0.15, 0.2) is 42.7 Å². The van der Waals surface area contributed by atoms with Crippen LogP contribution in [0.4, 0.5) is 30.9 Å². The summed E-state index contributed by atoms with van der Waals surface area (Å²) in [5.41, 5.74) is 1.29. The summed E-state index contributed by atoms with van der Waals surface area (Å²) >= 11 is 0. The van der Waals surface area contributed by atoms with Crippen LogP contribution in [0, 0.1) is 11.6 Å². The first kappa shape index (κ1) is 19.0. The lowest BCUT2D eigenvalue weighted by atomic mass is 10.0. The molecule has 1 atom stereocenters. The first-order valence-corrected chi connectivity index (χ1v) is 9.71. The van der Waals surface area contributed by atoms with E-state index in [4.69, 9.17) is 0 Å². The van der Waals surface area contributed by atoms with E-state index in [0.717, 1.165) is 18.6 Å². The third-order valence-corrected chi connectivity index (χ3v) is 5.25. The molecule has 0 aliphatic carbocycles. The monoisotopic (exact) mass is 424 g/mol. The van der Waals surface area contributed by atoms with Crippen LogP contribution >= 0.6 is 0 Å². The van der Waals surface area contributed by atoms with Crippen LogP contribution in [0.5, 0.6) is 0 Å². The third-order valence-electron chi connectivity index (χ3n) is 5.25. The maximum Gasteiger partial charge on any atom is 0.324 e. The third kappa shape index (κ3) is 3.65. The van der Waals surface area contributed by atoms with E-state index in [1.807, 2.05) is 4.90 Å². The molecule has 4 N–H and O–H groups in total. The van der Waals surface area contributed by atoms with E-state index >= 15 is 0 Å². The number of rotatable bonds is 4. The Morgan fingerprint density at radius 2 is 2.06 bits per heavy atom. The second-order valence-electron chi connectivity index (χ2n) is 7.23. The summed E-state index contributed by atoms with van der Waals surface area (Å²) in [7, 11) is 0. The molecule has 3 aromatic heterocycles. The maximum absolute atomic E-state index is 14.4. The molecule has 0 radical (unpaired) electrons. The number of pyridine rings is 1. The molecule has 1 aromatic carbocycles. The average Bonchev–Trinajstić information content (AvgIpc) is 3.50. The molecule has 31 heavy (non-hydrogen) atoms. The number of amides is 2. The van der Waals surface area contributed by atoms with Crippen molar-refractivity contribution in [2.75, 3.05) is 22.1 Å². The topological polar surface area (TPSA) is 115 Å². The number of halogens is 2. The Kier molecular flexibility index (Phi) is 4.69. The van der Waals surface area contributed by atoms with Gasteiger partial charge in [-0.3, -0.25) is 15.5 Å². The first-order valence-electron chi connectivity index (χ1n) is 9.71. The Morgan fingerprint density at radius 1 is 1.16 bits per heavy atom. The maximum atomic E-state index is 14.4. The lowest BCUT2D eigenvalue weighted by Crippen LogP contribution is -2.24. The van der Waals surface area contributed by atoms with Gasteiger partial charge in [0.25, 0.3) is 0 Å². The fourth-order valence-corrected chi connectivity index (χ4v) is 3.90. The van der Waals surface area contributed by atoms with Crippen LogP contribution in [0.3, 0.4) is 0 Å². The summed E-state index contributed by atoms with van der Waals surface area (Å²) in [5.74, 6) is 0.0968. The standard InChI is InChI=1S/C20H18F2N8O/c21-11-3-4-15(22)13(8-11)16-2-1-7-30(16)19-14-9-12(10-23-18(14)28-29-19)25-20(31)26-17-5-6-24-27-17/h3-6,8-10,16H,1-2,7H2,(H,23,28,29)(H3,24,25,26,27,31)/t16-/m1/s1. The summed E-state index contributed by atoms with van der Waals surface area (Å²) < 4.78 is 28.2. The van der Waals surface area contributed by atoms with Gasteiger partial charge in [0, 0.05) is 18.2 Å². The van der Waals surface area contributed by atoms with Crippen LogP contribution < -0.4 is 15.5 Å². The molecule has 5 rings (SSSR count). The zero-order valence-corrected chi connectivity index (χ0v) is 16.2. The number of nitrogens with one attached hydrogen (secondary N) is 4. The summed E-state index contributed by atoms with van der Waals surface area (Å²) in [6.45, 7) is 0.637. The zero-order valence-electron chi connectivity index (χ0n) is 16.2. The predicted octanol–water partition coefficient (Wildman–Crippen LogP) is 3.94. The van der Waals surface area contributed by atoms with Gasteiger partial charge in [-0.25, -0.2) is 18.6 Å². The second-order valence-corrected chi connectivity index (χ2v) is 7.23. The van der Waals surface area contributed by atoms with Crippen LogP contribution in [0.2, 0.25) is 0 Å². The smallest absolute Gasteiger partial charge is 0.324 e. The number of H-pyrrole nitrogens is 2. The molecule has 0 spiro atoms. The minimum absolute atomic E-state index is 0.301. The Balaban J connectivity index is 1.44. The van der Waals surface area contributed by atoms with E-state index < -0.39 is 17.7 Å². The van der Waals surface area contributed by atoms with Crippen molar-refractivity contribution in [3.05, 3.63) is 59.9 Å². The fraction of sp³-hybridized carbons (Fsp3) is 0.200. The highest BCUT2D eigenvalue weighted by Crippen LogP contribution is 2.39. The van der Waals surface area contributed by atoms with Crippen molar-refractivity contribution in [2.24, 2.45) is 0 Å². The SMILES string of the molecule is O=C(Nc1cnc2[nH]nc(N3CCC[C@@H]3c3cc(F)ccc3F)c2c1)Nc1ccn[nH]1. The van der Waals surface area contributed by atoms with Crippen molar-refractivity contribution in [2.45, 2.75) is 18.9 Å². The van der Waals surface area contributed by atoms with Crippen LogP contribution in [-0.2, 0) is 0 Å². The van der Waals surface area contributed by atoms with Gasteiger partial charge in [0.2, 0.25) is 0 Å². The molecule has 0 unspecified atom stereocenters. The highest BCUT2D eigenvalue weighted by molar-refractivity contribution is 6.00. The van der Waals surface area contributed by atoms with Crippen LogP contribution in [0.1, 0.15) is 24.4 Å². The number of urea groups is 1. The number of benzene rings is 1.